The molecule has 0 saturated heterocycles. The van der Waals surface area contributed by atoms with Crippen molar-refractivity contribution in [3.05, 3.63) is 23.8 Å². The molecular weight excluding hydrogens is 238 g/mol. The Morgan fingerprint density at radius 3 is 2.83 bits per heavy atom. The highest BCUT2D eigenvalue weighted by atomic mass is 16.6. The Kier molecular flexibility index (Phi) is 2.96. The molecule has 1 aliphatic heterocycles. The fourth-order valence-electron chi connectivity index (χ4n) is 1.83. The van der Waals surface area contributed by atoms with Gasteiger partial charge in [0.25, 0.3) is 11.5 Å². The molecule has 0 radical (unpaired) electrons. The van der Waals surface area contributed by atoms with Crippen molar-refractivity contribution in [3.63, 3.8) is 0 Å². The van der Waals surface area contributed by atoms with Crippen molar-refractivity contribution in [2.45, 2.75) is 12.5 Å². The van der Waals surface area contributed by atoms with E-state index in [9.17, 15) is 14.7 Å². The van der Waals surface area contributed by atoms with Gasteiger partial charge in [0.15, 0.2) is 0 Å². The van der Waals surface area contributed by atoms with Crippen LogP contribution in [0.1, 0.15) is 12.5 Å². The van der Waals surface area contributed by atoms with E-state index in [1.54, 1.807) is 19.1 Å². The number of esters is 1. The van der Waals surface area contributed by atoms with Crippen LogP contribution in [0.5, 0.6) is 5.75 Å². The summed E-state index contributed by atoms with van der Waals surface area (Å²) in [6.07, 6.45) is 0. The van der Waals surface area contributed by atoms with E-state index in [0.717, 1.165) is 0 Å². The quantitative estimate of drug-likeness (QED) is 0.600. The van der Waals surface area contributed by atoms with Crippen LogP contribution < -0.4 is 10.1 Å². The molecule has 0 aliphatic carbocycles. The summed E-state index contributed by atoms with van der Waals surface area (Å²) in [5.74, 6) is -1.37. The number of anilines is 1. The zero-order valence-electron chi connectivity index (χ0n) is 10.0. The molecule has 2 N–H and O–H groups in total. The third kappa shape index (κ3) is 1.62. The highest BCUT2D eigenvalue weighted by molar-refractivity contribution is 6.17. The molecule has 6 nitrogen and oxygen atoms in total. The van der Waals surface area contributed by atoms with E-state index in [0.29, 0.717) is 11.4 Å². The minimum absolute atomic E-state index is 0.0771. The van der Waals surface area contributed by atoms with Crippen molar-refractivity contribution in [1.82, 2.24) is 0 Å². The average Bonchev–Trinajstić information content (AvgIpc) is 2.62. The maximum absolute atomic E-state index is 11.8. The molecule has 1 aromatic carbocycles. The topological polar surface area (TPSA) is 84.9 Å². The molecule has 1 aromatic rings. The first kappa shape index (κ1) is 12.4. The van der Waals surface area contributed by atoms with E-state index in [-0.39, 0.29) is 12.2 Å². The maximum Gasteiger partial charge on any atom is 0.353 e. The van der Waals surface area contributed by atoms with Crippen LogP contribution in [-0.4, -0.2) is 30.7 Å². The lowest BCUT2D eigenvalue weighted by Crippen LogP contribution is -2.43. The highest BCUT2D eigenvalue weighted by Gasteiger charge is 2.53. The molecule has 0 spiro atoms. The lowest BCUT2D eigenvalue weighted by molar-refractivity contribution is -0.169. The number of amides is 1. The summed E-state index contributed by atoms with van der Waals surface area (Å²) >= 11 is 0. The summed E-state index contributed by atoms with van der Waals surface area (Å²) in [6, 6.07) is 4.61. The number of carbonyl (C=O) groups excluding carboxylic acids is 2. The number of ether oxygens (including phenoxy) is 2. The predicted molar refractivity (Wildman–Crippen MR) is 62.2 cm³/mol. The van der Waals surface area contributed by atoms with Crippen LogP contribution >= 0.6 is 0 Å². The van der Waals surface area contributed by atoms with Crippen LogP contribution in [0, 0.1) is 0 Å². The van der Waals surface area contributed by atoms with Gasteiger partial charge in [-0.15, -0.1) is 0 Å². The zero-order valence-corrected chi connectivity index (χ0v) is 10.0. The number of hydrogen-bond donors (Lipinski definition) is 2. The Morgan fingerprint density at radius 2 is 2.22 bits per heavy atom. The Hall–Kier alpha value is -2.08. The summed E-state index contributed by atoms with van der Waals surface area (Å²) in [4.78, 5) is 23.5. The molecule has 6 heteroatoms. The molecule has 1 atom stereocenters. The standard InChI is InChI=1S/C12H13NO5/c1-3-18-11(15)12(16)8-6-7(17-2)4-5-9(8)13-10(12)14/h4-6,16H,3H2,1-2H3,(H,13,14). The third-order valence-electron chi connectivity index (χ3n) is 2.76. The number of nitrogens with one attached hydrogen (secondary N) is 1. The minimum Gasteiger partial charge on any atom is -0.497 e. The van der Waals surface area contributed by atoms with E-state index in [1.807, 2.05) is 0 Å². The SMILES string of the molecule is CCOC(=O)C1(O)C(=O)Nc2ccc(OC)cc21. The number of fused-ring (bicyclic) bond motifs is 1. The van der Waals surface area contributed by atoms with E-state index < -0.39 is 17.5 Å². The third-order valence-corrected chi connectivity index (χ3v) is 2.76. The van der Waals surface area contributed by atoms with Crippen molar-refractivity contribution >= 4 is 17.6 Å². The van der Waals surface area contributed by atoms with Crippen molar-refractivity contribution < 1.29 is 24.2 Å². The first-order chi connectivity index (χ1) is 8.53. The zero-order chi connectivity index (χ0) is 13.3. The second-order valence-corrected chi connectivity index (χ2v) is 3.80. The van der Waals surface area contributed by atoms with Crippen molar-refractivity contribution in [3.8, 4) is 5.75 Å². The molecule has 1 amide bonds. The van der Waals surface area contributed by atoms with Crippen molar-refractivity contribution in [2.75, 3.05) is 19.0 Å². The molecule has 0 saturated carbocycles. The van der Waals surface area contributed by atoms with Crippen LogP contribution in [0.3, 0.4) is 0 Å². The second-order valence-electron chi connectivity index (χ2n) is 3.80. The molecule has 18 heavy (non-hydrogen) atoms. The lowest BCUT2D eigenvalue weighted by atomic mass is 9.95. The molecule has 0 aromatic heterocycles. The number of hydrogen-bond acceptors (Lipinski definition) is 5. The fraction of sp³-hybridized carbons (Fsp3) is 0.333. The van der Waals surface area contributed by atoms with Gasteiger partial charge in [0.2, 0.25) is 0 Å². The monoisotopic (exact) mass is 251 g/mol. The normalized spacial score (nSPS) is 21.2. The van der Waals surface area contributed by atoms with Gasteiger partial charge >= 0.3 is 5.97 Å². The maximum atomic E-state index is 11.8. The molecule has 2 rings (SSSR count). The van der Waals surface area contributed by atoms with E-state index in [1.165, 1.54) is 13.2 Å². The van der Waals surface area contributed by atoms with Crippen LogP contribution in [0.2, 0.25) is 0 Å². The van der Waals surface area contributed by atoms with Crippen molar-refractivity contribution in [2.24, 2.45) is 0 Å². The van der Waals surface area contributed by atoms with Crippen LogP contribution in [0.25, 0.3) is 0 Å². The van der Waals surface area contributed by atoms with Gasteiger partial charge in [-0.05, 0) is 25.1 Å². The summed E-state index contributed by atoms with van der Waals surface area (Å²) in [6.45, 7) is 1.67. The van der Waals surface area contributed by atoms with Gasteiger partial charge in [0.05, 0.1) is 13.7 Å². The Labute approximate surface area is 104 Å². The van der Waals surface area contributed by atoms with Gasteiger partial charge < -0.3 is 19.9 Å². The summed E-state index contributed by atoms with van der Waals surface area (Å²) in [7, 11) is 1.45. The van der Waals surface area contributed by atoms with Crippen LogP contribution in [0.15, 0.2) is 18.2 Å². The Morgan fingerprint density at radius 1 is 1.50 bits per heavy atom. The van der Waals surface area contributed by atoms with Crippen LogP contribution in [-0.2, 0) is 19.9 Å². The number of carbonyl (C=O) groups is 2. The molecular formula is C12H13NO5. The second kappa shape index (κ2) is 4.30. The molecule has 1 unspecified atom stereocenters. The predicted octanol–water partition coefficient (Wildman–Crippen LogP) is 0.398. The molecule has 0 bridgehead atoms. The van der Waals surface area contributed by atoms with Gasteiger partial charge in [-0.1, -0.05) is 0 Å². The van der Waals surface area contributed by atoms with Gasteiger partial charge in [0.1, 0.15) is 5.75 Å². The molecule has 1 aliphatic rings. The van der Waals surface area contributed by atoms with Gasteiger partial charge in [0, 0.05) is 11.3 Å². The number of rotatable bonds is 3. The lowest BCUT2D eigenvalue weighted by Gasteiger charge is -2.18. The summed E-state index contributed by atoms with van der Waals surface area (Å²) in [5, 5.41) is 12.7. The average molecular weight is 251 g/mol. The first-order valence-corrected chi connectivity index (χ1v) is 5.43. The number of methoxy groups -OCH3 is 1. The van der Waals surface area contributed by atoms with E-state index in [2.05, 4.69) is 5.32 Å². The summed E-state index contributed by atoms with van der Waals surface area (Å²) in [5.41, 5.74) is -1.79. The van der Waals surface area contributed by atoms with E-state index in [4.69, 9.17) is 9.47 Å². The fourth-order valence-corrected chi connectivity index (χ4v) is 1.83. The molecule has 1 heterocycles. The van der Waals surface area contributed by atoms with Gasteiger partial charge in [-0.2, -0.15) is 0 Å². The largest absolute Gasteiger partial charge is 0.497 e. The van der Waals surface area contributed by atoms with E-state index >= 15 is 0 Å². The van der Waals surface area contributed by atoms with Crippen LogP contribution in [0.4, 0.5) is 5.69 Å². The van der Waals surface area contributed by atoms with Crippen molar-refractivity contribution in [1.29, 1.82) is 0 Å². The Balaban J connectivity index is 2.51. The minimum atomic E-state index is -2.31. The highest BCUT2D eigenvalue weighted by Crippen LogP contribution is 2.38. The first-order valence-electron chi connectivity index (χ1n) is 5.43. The Bertz CT molecular complexity index is 513. The number of benzene rings is 1. The number of aliphatic hydroxyl groups is 1. The van der Waals surface area contributed by atoms with Gasteiger partial charge in [-0.25, -0.2) is 4.79 Å². The summed E-state index contributed by atoms with van der Waals surface area (Å²) < 4.78 is 9.74. The molecule has 96 valence electrons. The smallest absolute Gasteiger partial charge is 0.353 e. The molecule has 0 fully saturated rings. The van der Waals surface area contributed by atoms with Gasteiger partial charge in [-0.3, -0.25) is 4.79 Å².